The maximum atomic E-state index is 13.1. The van der Waals surface area contributed by atoms with E-state index in [2.05, 4.69) is 10.3 Å². The molecule has 0 aliphatic heterocycles. The van der Waals surface area contributed by atoms with Gasteiger partial charge in [0.2, 0.25) is 0 Å². The van der Waals surface area contributed by atoms with Crippen LogP contribution in [0.5, 0.6) is 0 Å². The molecule has 0 fully saturated rings. The lowest BCUT2D eigenvalue weighted by atomic mass is 10.2. The molecule has 0 spiro atoms. The lowest BCUT2D eigenvalue weighted by molar-refractivity contribution is 0.102. The summed E-state index contributed by atoms with van der Waals surface area (Å²) in [5.41, 5.74) is 1.22. The van der Waals surface area contributed by atoms with E-state index in [0.717, 1.165) is 0 Å². The number of amides is 1. The Kier molecular flexibility index (Phi) is 4.02. The second kappa shape index (κ2) is 5.55. The summed E-state index contributed by atoms with van der Waals surface area (Å²) in [6, 6.07) is 5.73. The number of rotatable bonds is 2. The molecule has 2 aromatic rings. The van der Waals surface area contributed by atoms with Gasteiger partial charge in [0.1, 0.15) is 11.0 Å². The topological polar surface area (TPSA) is 42.0 Å². The smallest absolute Gasteiger partial charge is 0.257 e. The number of anilines is 1. The van der Waals surface area contributed by atoms with E-state index < -0.39 is 5.91 Å². The number of hydrogen-bond acceptors (Lipinski definition) is 2. The summed E-state index contributed by atoms with van der Waals surface area (Å²) < 4.78 is 13.1. The molecular formula is C13H9Cl2FN2O. The van der Waals surface area contributed by atoms with Crippen LogP contribution in [0.15, 0.2) is 30.5 Å². The third-order valence-corrected chi connectivity index (χ3v) is 3.16. The Labute approximate surface area is 119 Å². The van der Waals surface area contributed by atoms with Gasteiger partial charge in [0, 0.05) is 11.9 Å². The molecule has 1 amide bonds. The third-order valence-electron chi connectivity index (χ3n) is 2.47. The fraction of sp³-hybridized carbons (Fsp3) is 0.0769. The molecule has 0 aliphatic carbocycles. The van der Waals surface area contributed by atoms with Crippen LogP contribution in [-0.2, 0) is 0 Å². The third kappa shape index (κ3) is 3.22. The van der Waals surface area contributed by atoms with Crippen molar-refractivity contribution in [1.82, 2.24) is 4.98 Å². The summed E-state index contributed by atoms with van der Waals surface area (Å²) in [6.07, 6.45) is 1.32. The van der Waals surface area contributed by atoms with Crippen LogP contribution in [0.4, 0.5) is 10.1 Å². The highest BCUT2D eigenvalue weighted by molar-refractivity contribution is 6.41. The molecule has 0 radical (unpaired) electrons. The Balaban J connectivity index is 2.20. The molecule has 0 saturated carbocycles. The fourth-order valence-corrected chi connectivity index (χ4v) is 1.74. The van der Waals surface area contributed by atoms with E-state index in [4.69, 9.17) is 23.2 Å². The van der Waals surface area contributed by atoms with E-state index in [-0.39, 0.29) is 21.6 Å². The number of carbonyl (C=O) groups excluding carboxylic acids is 1. The zero-order chi connectivity index (χ0) is 14.0. The Morgan fingerprint density at radius 2 is 2.05 bits per heavy atom. The average Bonchev–Trinajstić information content (AvgIpc) is 2.37. The standard InChI is InChI=1S/C13H9Cl2FN2O/c1-7-4-9(2-3-11(7)16)18-13(19)8-5-10(14)12(15)17-6-8/h2-6H,1H3,(H,18,19). The number of aryl methyl sites for hydroxylation is 1. The molecule has 19 heavy (non-hydrogen) atoms. The number of carbonyl (C=O) groups is 1. The van der Waals surface area contributed by atoms with Crippen molar-refractivity contribution < 1.29 is 9.18 Å². The van der Waals surface area contributed by atoms with Crippen molar-refractivity contribution in [3.05, 3.63) is 57.6 Å². The van der Waals surface area contributed by atoms with E-state index in [9.17, 15) is 9.18 Å². The monoisotopic (exact) mass is 298 g/mol. The zero-order valence-corrected chi connectivity index (χ0v) is 11.4. The zero-order valence-electron chi connectivity index (χ0n) is 9.88. The van der Waals surface area contributed by atoms with E-state index in [1.807, 2.05) is 0 Å². The lowest BCUT2D eigenvalue weighted by Crippen LogP contribution is -2.12. The van der Waals surface area contributed by atoms with Crippen molar-refractivity contribution in [2.75, 3.05) is 5.32 Å². The predicted octanol–water partition coefficient (Wildman–Crippen LogP) is 4.09. The van der Waals surface area contributed by atoms with E-state index >= 15 is 0 Å². The number of halogens is 3. The number of benzene rings is 1. The lowest BCUT2D eigenvalue weighted by Gasteiger charge is -2.07. The van der Waals surface area contributed by atoms with Gasteiger partial charge < -0.3 is 5.32 Å². The molecule has 3 nitrogen and oxygen atoms in total. The van der Waals surface area contributed by atoms with Crippen LogP contribution in [0.2, 0.25) is 10.2 Å². The van der Waals surface area contributed by atoms with Crippen molar-refractivity contribution in [3.8, 4) is 0 Å². The van der Waals surface area contributed by atoms with Crippen LogP contribution in [0.1, 0.15) is 15.9 Å². The van der Waals surface area contributed by atoms with Gasteiger partial charge in [-0.2, -0.15) is 0 Å². The van der Waals surface area contributed by atoms with Gasteiger partial charge in [-0.05, 0) is 36.8 Å². The summed E-state index contributed by atoms with van der Waals surface area (Å²) in [7, 11) is 0. The summed E-state index contributed by atoms with van der Waals surface area (Å²) in [5.74, 6) is -0.716. The minimum absolute atomic E-state index is 0.135. The molecule has 0 saturated heterocycles. The molecule has 1 aromatic carbocycles. The van der Waals surface area contributed by atoms with Gasteiger partial charge in [-0.15, -0.1) is 0 Å². The molecule has 0 atom stereocenters. The van der Waals surface area contributed by atoms with Crippen LogP contribution in [0.25, 0.3) is 0 Å². The van der Waals surface area contributed by atoms with Crippen molar-refractivity contribution in [1.29, 1.82) is 0 Å². The predicted molar refractivity (Wildman–Crippen MR) is 73.3 cm³/mol. The van der Waals surface area contributed by atoms with Crippen molar-refractivity contribution in [3.63, 3.8) is 0 Å². The first-order valence-corrected chi connectivity index (χ1v) is 6.11. The van der Waals surface area contributed by atoms with Crippen molar-refractivity contribution in [2.45, 2.75) is 6.92 Å². The maximum absolute atomic E-state index is 13.1. The quantitative estimate of drug-likeness (QED) is 0.849. The Hall–Kier alpha value is -1.65. The van der Waals surface area contributed by atoms with Crippen molar-refractivity contribution >= 4 is 34.8 Å². The molecule has 2 rings (SSSR count). The van der Waals surface area contributed by atoms with Crippen LogP contribution >= 0.6 is 23.2 Å². The first-order chi connectivity index (χ1) is 8.97. The largest absolute Gasteiger partial charge is 0.322 e. The normalized spacial score (nSPS) is 10.3. The van der Waals surface area contributed by atoms with E-state index in [0.29, 0.717) is 11.3 Å². The molecule has 0 bridgehead atoms. The second-order valence-corrected chi connectivity index (χ2v) is 4.68. The fourth-order valence-electron chi connectivity index (χ4n) is 1.47. The summed E-state index contributed by atoms with van der Waals surface area (Å²) in [6.45, 7) is 1.62. The second-order valence-electron chi connectivity index (χ2n) is 3.91. The Morgan fingerprint density at radius 1 is 1.32 bits per heavy atom. The summed E-state index contributed by atoms with van der Waals surface area (Å²) in [5, 5.41) is 2.96. The number of aromatic nitrogens is 1. The average molecular weight is 299 g/mol. The van der Waals surface area contributed by atoms with Gasteiger partial charge in [-0.1, -0.05) is 23.2 Å². The number of nitrogens with one attached hydrogen (secondary N) is 1. The molecule has 0 aliphatic rings. The minimum Gasteiger partial charge on any atom is -0.322 e. The van der Waals surface area contributed by atoms with Crippen molar-refractivity contribution in [2.24, 2.45) is 0 Å². The van der Waals surface area contributed by atoms with Gasteiger partial charge in [0.25, 0.3) is 5.91 Å². The first-order valence-electron chi connectivity index (χ1n) is 5.36. The highest BCUT2D eigenvalue weighted by Gasteiger charge is 2.10. The van der Waals surface area contributed by atoms with Gasteiger partial charge in [-0.25, -0.2) is 9.37 Å². The molecule has 1 N–H and O–H groups in total. The van der Waals surface area contributed by atoms with Crippen LogP contribution in [0.3, 0.4) is 0 Å². The molecule has 1 heterocycles. The van der Waals surface area contributed by atoms with Gasteiger partial charge >= 0.3 is 0 Å². The molecular weight excluding hydrogens is 290 g/mol. The highest BCUT2D eigenvalue weighted by Crippen LogP contribution is 2.21. The van der Waals surface area contributed by atoms with E-state index in [1.54, 1.807) is 6.92 Å². The minimum atomic E-state index is -0.392. The van der Waals surface area contributed by atoms with Gasteiger partial charge in [0.15, 0.2) is 0 Å². The number of hydrogen-bond donors (Lipinski definition) is 1. The van der Waals surface area contributed by atoms with Gasteiger partial charge in [-0.3, -0.25) is 4.79 Å². The molecule has 1 aromatic heterocycles. The highest BCUT2D eigenvalue weighted by atomic mass is 35.5. The van der Waals surface area contributed by atoms with Crippen LogP contribution in [-0.4, -0.2) is 10.9 Å². The molecule has 0 unspecified atom stereocenters. The van der Waals surface area contributed by atoms with Gasteiger partial charge in [0.05, 0.1) is 10.6 Å². The molecule has 98 valence electrons. The summed E-state index contributed by atoms with van der Waals surface area (Å²) in [4.78, 5) is 15.7. The number of pyridine rings is 1. The maximum Gasteiger partial charge on any atom is 0.257 e. The first kappa shape index (κ1) is 13.8. The summed E-state index contributed by atoms with van der Waals surface area (Å²) >= 11 is 11.5. The Bertz CT molecular complexity index is 647. The van der Waals surface area contributed by atoms with E-state index in [1.165, 1.54) is 30.5 Å². The number of nitrogens with zero attached hydrogens (tertiary/aromatic N) is 1. The SMILES string of the molecule is Cc1cc(NC(=O)c2cnc(Cl)c(Cl)c2)ccc1F. The molecule has 6 heteroatoms. The van der Waals surface area contributed by atoms with Crippen LogP contribution < -0.4 is 5.32 Å². The van der Waals surface area contributed by atoms with Crippen LogP contribution in [0, 0.1) is 12.7 Å². The Morgan fingerprint density at radius 3 is 2.68 bits per heavy atom.